The largest absolute Gasteiger partial charge is 0.457 e. The van der Waals surface area contributed by atoms with Crippen LogP contribution in [0.3, 0.4) is 0 Å². The molecular weight excluding hydrogens is 985 g/mol. The number of nitrogens with one attached hydrogen (secondary N) is 1. The number of benzene rings is 3. The Morgan fingerprint density at radius 3 is 2.19 bits per heavy atom. The number of nitrogens with zero attached hydrogens (tertiary/aromatic N) is 5. The lowest BCUT2D eigenvalue weighted by Gasteiger charge is -2.27. The Bertz CT molecular complexity index is 2880. The average Bonchev–Trinajstić information content (AvgIpc) is 3.71. The van der Waals surface area contributed by atoms with Crippen LogP contribution in [0.2, 0.25) is 0 Å². The molecule has 0 saturated heterocycles. The van der Waals surface area contributed by atoms with E-state index < -0.39 is 25.7 Å². The average molecular weight is 1060 g/mol. The lowest BCUT2D eigenvalue weighted by Crippen LogP contribution is -2.28. The number of carbonyl (C=O) groups excluding carboxylic acids is 1. The lowest BCUT2D eigenvalue weighted by atomic mass is 9.81. The number of carbonyl (C=O) groups is 1. The summed E-state index contributed by atoms with van der Waals surface area (Å²) in [6.45, 7) is 15.1. The van der Waals surface area contributed by atoms with Crippen LogP contribution in [0.1, 0.15) is 110 Å². The number of fused-ring (bicyclic) bond motifs is 2. The zero-order valence-corrected chi connectivity index (χ0v) is 45.1. The molecule has 2 aliphatic heterocycles. The summed E-state index contributed by atoms with van der Waals surface area (Å²) in [7, 11) is -8.91. The fourth-order valence-corrected chi connectivity index (χ4v) is 10.7. The molecule has 0 spiro atoms. The number of hydrogen-bond donors (Lipinski definition) is 3. The van der Waals surface area contributed by atoms with Gasteiger partial charge in [-0.15, -0.1) is 0 Å². The van der Waals surface area contributed by atoms with Gasteiger partial charge in [-0.2, -0.15) is 21.4 Å². The van der Waals surface area contributed by atoms with E-state index in [-0.39, 0.29) is 27.7 Å². The third-order valence-electron chi connectivity index (χ3n) is 13.6. The summed E-state index contributed by atoms with van der Waals surface area (Å²) in [6, 6.07) is 19.0. The van der Waals surface area contributed by atoms with Crippen LogP contribution in [0.5, 0.6) is 5.75 Å². The lowest BCUT2D eigenvalue weighted by molar-refractivity contribution is -0.438. The van der Waals surface area contributed by atoms with Crippen LogP contribution in [0.25, 0.3) is 10.4 Å². The molecular formula is C55H73N6O11S2+. The summed E-state index contributed by atoms with van der Waals surface area (Å²) in [6.07, 6.45) is 16.5. The molecule has 6 rings (SSSR count). The first kappa shape index (κ1) is 57.6. The van der Waals surface area contributed by atoms with Crippen molar-refractivity contribution in [3.63, 3.8) is 0 Å². The van der Waals surface area contributed by atoms with Crippen molar-refractivity contribution in [2.75, 3.05) is 70.7 Å². The van der Waals surface area contributed by atoms with Gasteiger partial charge in [-0.3, -0.25) is 13.9 Å². The van der Waals surface area contributed by atoms with Gasteiger partial charge in [0.05, 0.1) is 54.8 Å². The fourth-order valence-electron chi connectivity index (χ4n) is 9.74. The fraction of sp³-hybridized carbons (Fsp3) is 0.491. The van der Waals surface area contributed by atoms with Crippen molar-refractivity contribution in [2.45, 2.75) is 119 Å². The maximum atomic E-state index is 12.7. The molecule has 2 heterocycles. The van der Waals surface area contributed by atoms with Crippen LogP contribution in [0.4, 0.5) is 11.4 Å². The molecule has 0 radical (unpaired) electrons. The Balaban J connectivity index is 1.21. The molecule has 0 unspecified atom stereocenters. The van der Waals surface area contributed by atoms with Gasteiger partial charge in [0.25, 0.3) is 20.2 Å². The second kappa shape index (κ2) is 26.7. The molecule has 0 aromatic heterocycles. The van der Waals surface area contributed by atoms with Crippen LogP contribution in [-0.4, -0.2) is 108 Å². The molecule has 0 saturated carbocycles. The molecule has 3 N–H and O–H groups in total. The van der Waals surface area contributed by atoms with E-state index in [4.69, 9.17) is 24.5 Å². The topological polar surface area (TPSA) is 230 Å². The molecule has 3 aromatic carbocycles. The second-order valence-corrected chi connectivity index (χ2v) is 22.4. The first-order chi connectivity index (χ1) is 35.4. The highest BCUT2D eigenvalue weighted by Gasteiger charge is 2.44. The van der Waals surface area contributed by atoms with Crippen molar-refractivity contribution >= 4 is 43.2 Å². The van der Waals surface area contributed by atoms with E-state index in [2.05, 4.69) is 94.2 Å². The molecule has 3 aromatic rings. The smallest absolute Gasteiger partial charge is 0.294 e. The van der Waals surface area contributed by atoms with E-state index in [1.165, 1.54) is 47.3 Å². The molecule has 74 heavy (non-hydrogen) atoms. The quantitative estimate of drug-likeness (QED) is 0.0147. The molecule has 0 bridgehead atoms. The summed E-state index contributed by atoms with van der Waals surface area (Å²) in [4.78, 5) is 17.1. The van der Waals surface area contributed by atoms with Crippen molar-refractivity contribution < 1.29 is 54.3 Å². The van der Waals surface area contributed by atoms with E-state index in [1.54, 1.807) is 12.1 Å². The van der Waals surface area contributed by atoms with Crippen LogP contribution < -0.4 is 15.0 Å². The number of hydrogen-bond acceptors (Lipinski definition) is 11. The maximum Gasteiger partial charge on any atom is 0.294 e. The number of para-hydroxylation sites is 1. The predicted octanol–water partition coefficient (Wildman–Crippen LogP) is 10.5. The molecule has 3 aliphatic rings. The van der Waals surface area contributed by atoms with Crippen molar-refractivity contribution in [2.24, 2.45) is 5.11 Å². The van der Waals surface area contributed by atoms with Gasteiger partial charge in [0.15, 0.2) is 5.71 Å². The monoisotopic (exact) mass is 1060 g/mol. The predicted molar refractivity (Wildman–Crippen MR) is 286 cm³/mol. The van der Waals surface area contributed by atoms with Crippen molar-refractivity contribution in [3.8, 4) is 5.75 Å². The summed E-state index contributed by atoms with van der Waals surface area (Å²) < 4.78 is 94.0. The van der Waals surface area contributed by atoms with E-state index in [1.807, 2.05) is 13.8 Å². The SMILES string of the molecule is CCCCC[N+]1=C(/C=C/C2=C(Oc3ccc(S(=O)(=O)O)cc3)C(=C/C=C3/N(CCCCCC(=O)NCCOCCOCCOCCN=[N+]=[N-])c4ccc(S(=O)(=O)O)cc4C3(C)C)/CCC2)C(C)(C)c2ccccc21. The molecule has 1 aliphatic carbocycles. The number of ether oxygens (including phenoxy) is 4. The minimum Gasteiger partial charge on any atom is -0.457 e. The highest BCUT2D eigenvalue weighted by molar-refractivity contribution is 7.86. The Morgan fingerprint density at radius 1 is 0.797 bits per heavy atom. The highest BCUT2D eigenvalue weighted by atomic mass is 32.2. The molecule has 0 atom stereocenters. The van der Waals surface area contributed by atoms with Crippen molar-refractivity contribution in [1.29, 1.82) is 0 Å². The minimum absolute atomic E-state index is 0.0672. The molecule has 19 heteroatoms. The molecule has 0 fully saturated rings. The van der Waals surface area contributed by atoms with Gasteiger partial charge in [-0.1, -0.05) is 63.0 Å². The van der Waals surface area contributed by atoms with Gasteiger partial charge in [0.2, 0.25) is 11.6 Å². The standard InChI is InChI=1S/C55H72N6O11S2/c1-6-7-12-32-60-48-18-11-10-17-46(48)54(2,3)50(60)28-20-41-15-14-16-42(53(41)72-43-22-24-44(25-23-43)73(63,64)65)21-29-51-55(4,5)47-40-45(74(66,67)68)26-27-49(47)61(51)33-13-8-9-19-52(62)57-30-34-69-36-38-71-39-37-70-35-31-58-59-56/h10-11,17-18,20-29,40H,6-9,12-16,19,30-39H2,1-5H3,(H2-,57,62,63,64,65,66,67,68)/p+1. The first-order valence-corrected chi connectivity index (χ1v) is 28.5. The normalized spacial score (nSPS) is 17.3. The molecule has 17 nitrogen and oxygen atoms in total. The number of azide groups is 1. The van der Waals surface area contributed by atoms with E-state index in [0.29, 0.717) is 83.5 Å². The van der Waals surface area contributed by atoms with E-state index >= 15 is 0 Å². The highest BCUT2D eigenvalue weighted by Crippen LogP contribution is 2.49. The third kappa shape index (κ3) is 15.3. The maximum absolute atomic E-state index is 12.7. The molecule has 1 amide bonds. The van der Waals surface area contributed by atoms with Crippen LogP contribution in [0, 0.1) is 0 Å². The van der Waals surface area contributed by atoms with Gasteiger partial charge >= 0.3 is 0 Å². The van der Waals surface area contributed by atoms with E-state index in [9.17, 15) is 30.7 Å². The number of amides is 1. The van der Waals surface area contributed by atoms with Crippen LogP contribution >= 0.6 is 0 Å². The number of anilines is 1. The Morgan fingerprint density at radius 2 is 1.49 bits per heavy atom. The van der Waals surface area contributed by atoms with Crippen molar-refractivity contribution in [1.82, 2.24) is 5.32 Å². The third-order valence-corrected chi connectivity index (χ3v) is 15.4. The summed E-state index contributed by atoms with van der Waals surface area (Å²) in [5, 5.41) is 6.31. The summed E-state index contributed by atoms with van der Waals surface area (Å²) in [5.41, 5.74) is 15.4. The number of rotatable bonds is 29. The Hall–Kier alpha value is -5.63. The second-order valence-electron chi connectivity index (χ2n) is 19.6. The zero-order valence-electron chi connectivity index (χ0n) is 43.4. The van der Waals surface area contributed by atoms with Crippen molar-refractivity contribution in [3.05, 3.63) is 135 Å². The summed E-state index contributed by atoms with van der Waals surface area (Å²) >= 11 is 0. The first-order valence-electron chi connectivity index (χ1n) is 25.6. The number of unbranched alkanes of at least 4 members (excludes halogenated alkanes) is 4. The molecule has 400 valence electrons. The van der Waals surface area contributed by atoms with Gasteiger partial charge in [-0.25, -0.2) is 0 Å². The zero-order chi connectivity index (χ0) is 53.4. The van der Waals surface area contributed by atoms with Crippen LogP contribution in [0.15, 0.2) is 129 Å². The Kier molecular flexibility index (Phi) is 20.8. The van der Waals surface area contributed by atoms with Crippen LogP contribution in [-0.2, 0) is 50.1 Å². The minimum atomic E-state index is -4.49. The summed E-state index contributed by atoms with van der Waals surface area (Å²) in [5.74, 6) is 0.973. The Labute approximate surface area is 437 Å². The van der Waals surface area contributed by atoms with Gasteiger partial charge in [0.1, 0.15) is 18.1 Å². The van der Waals surface area contributed by atoms with Gasteiger partial charge < -0.3 is 29.2 Å². The van der Waals surface area contributed by atoms with Gasteiger partial charge in [0, 0.05) is 71.9 Å². The van der Waals surface area contributed by atoms with E-state index in [0.717, 1.165) is 79.6 Å². The van der Waals surface area contributed by atoms with Gasteiger partial charge in [-0.05, 0) is 129 Å². The number of allylic oxidation sites excluding steroid dienone is 7.